The Bertz CT molecular complexity index is 1170. The zero-order chi connectivity index (χ0) is 27.7. The van der Waals surface area contributed by atoms with Gasteiger partial charge in [-0.25, -0.2) is 18.6 Å². The maximum Gasteiger partial charge on any atom is 0.332 e. The molecule has 4 rings (SSSR count). The molecule has 206 valence electrons. The topological polar surface area (TPSA) is 102 Å². The molecule has 0 amide bonds. The lowest BCUT2D eigenvalue weighted by Crippen LogP contribution is -2.35. The number of hydrogen-bond donors (Lipinski definition) is 3. The van der Waals surface area contributed by atoms with Crippen molar-refractivity contribution >= 4 is 5.97 Å². The molecule has 1 aromatic heterocycles. The molecule has 2 heterocycles. The van der Waals surface area contributed by atoms with Gasteiger partial charge in [-0.2, -0.15) is 0 Å². The molecule has 0 saturated carbocycles. The standard InChI is InChI=1S/C24H30F2N4.C5H8O3/c1-24(2,3)22(28-13-7-12-27)23-29-21(19-14-18(25)10-11-20(19)26)16-30(23)15-17-8-5-4-6-9-17;6-5(7)4-2-1-3-8-4/h4-6,8-11,14,16,22,28H,7,12-13,15,27H2,1-3H3;4H,1-3H2,(H,6,7)/t22-;4-/m00/s1. The number of carboxylic acid groups (broad SMARTS) is 1. The number of imidazole rings is 1. The number of aliphatic carboxylic acids is 1. The fourth-order valence-electron chi connectivity index (χ4n) is 4.30. The van der Waals surface area contributed by atoms with Gasteiger partial charge in [0.05, 0.1) is 11.7 Å². The number of hydrogen-bond acceptors (Lipinski definition) is 5. The summed E-state index contributed by atoms with van der Waals surface area (Å²) in [6.07, 6.45) is 3.70. The molecule has 3 aromatic rings. The van der Waals surface area contributed by atoms with Crippen molar-refractivity contribution in [2.24, 2.45) is 11.1 Å². The molecule has 0 aliphatic carbocycles. The molecular formula is C29H38F2N4O3. The molecule has 0 bridgehead atoms. The van der Waals surface area contributed by atoms with Crippen LogP contribution >= 0.6 is 0 Å². The minimum absolute atomic E-state index is 0.0851. The van der Waals surface area contributed by atoms with Gasteiger partial charge in [0, 0.05) is 24.9 Å². The second-order valence-electron chi connectivity index (χ2n) is 10.5. The first-order chi connectivity index (χ1) is 18.1. The van der Waals surface area contributed by atoms with E-state index >= 15 is 0 Å². The molecule has 2 atom stereocenters. The van der Waals surface area contributed by atoms with Crippen LogP contribution in [0.2, 0.25) is 0 Å². The highest BCUT2D eigenvalue weighted by atomic mass is 19.1. The lowest BCUT2D eigenvalue weighted by molar-refractivity contribution is -0.147. The zero-order valence-corrected chi connectivity index (χ0v) is 22.3. The van der Waals surface area contributed by atoms with E-state index in [-0.39, 0.29) is 17.0 Å². The normalized spacial score (nSPS) is 16.1. The average Bonchev–Trinajstić information content (AvgIpc) is 3.55. The van der Waals surface area contributed by atoms with Crippen LogP contribution in [0.3, 0.4) is 0 Å². The third-order valence-corrected chi connectivity index (χ3v) is 6.27. The minimum Gasteiger partial charge on any atom is -0.479 e. The van der Waals surface area contributed by atoms with Gasteiger partial charge in [0.1, 0.15) is 17.5 Å². The summed E-state index contributed by atoms with van der Waals surface area (Å²) in [6.45, 7) is 8.95. The van der Waals surface area contributed by atoms with Crippen LogP contribution in [0.15, 0.2) is 54.7 Å². The zero-order valence-electron chi connectivity index (χ0n) is 22.3. The number of carboxylic acids is 1. The molecule has 1 aliphatic heterocycles. The second kappa shape index (κ2) is 13.6. The number of rotatable bonds is 9. The predicted molar refractivity (Wildman–Crippen MR) is 144 cm³/mol. The van der Waals surface area contributed by atoms with Crippen LogP contribution in [0.25, 0.3) is 11.3 Å². The summed E-state index contributed by atoms with van der Waals surface area (Å²) in [5, 5.41) is 11.9. The highest BCUT2D eigenvalue weighted by Gasteiger charge is 2.30. The average molecular weight is 529 g/mol. The quantitative estimate of drug-likeness (QED) is 0.332. The van der Waals surface area contributed by atoms with E-state index in [0.717, 1.165) is 42.9 Å². The van der Waals surface area contributed by atoms with Gasteiger partial charge in [-0.05, 0) is 61.5 Å². The van der Waals surface area contributed by atoms with E-state index in [2.05, 4.69) is 26.1 Å². The number of nitrogens with two attached hydrogens (primary N) is 1. The molecule has 0 unspecified atom stereocenters. The summed E-state index contributed by atoms with van der Waals surface area (Å²) in [4.78, 5) is 14.9. The molecule has 7 nitrogen and oxygen atoms in total. The van der Waals surface area contributed by atoms with Crippen molar-refractivity contribution in [3.05, 3.63) is 77.8 Å². The minimum atomic E-state index is -0.831. The maximum absolute atomic E-state index is 14.5. The SMILES string of the molecule is CC(C)(C)[C@@H](NCCCN)c1nc(-c2cc(F)ccc2F)cn1Cc1ccccc1.O=C(O)[C@@H]1CCCO1. The van der Waals surface area contributed by atoms with Gasteiger partial charge in [-0.1, -0.05) is 51.1 Å². The van der Waals surface area contributed by atoms with Crippen molar-refractivity contribution in [3.63, 3.8) is 0 Å². The highest BCUT2D eigenvalue weighted by Crippen LogP contribution is 2.34. The number of aromatic nitrogens is 2. The highest BCUT2D eigenvalue weighted by molar-refractivity contribution is 5.72. The van der Waals surface area contributed by atoms with E-state index in [4.69, 9.17) is 20.6 Å². The van der Waals surface area contributed by atoms with Crippen molar-refractivity contribution in [1.82, 2.24) is 14.9 Å². The van der Waals surface area contributed by atoms with Crippen LogP contribution in [0, 0.1) is 17.0 Å². The van der Waals surface area contributed by atoms with Gasteiger partial charge in [-0.3, -0.25) is 0 Å². The Hall–Kier alpha value is -3.14. The molecule has 4 N–H and O–H groups in total. The first-order valence-electron chi connectivity index (χ1n) is 12.9. The van der Waals surface area contributed by atoms with Crippen LogP contribution in [-0.4, -0.2) is 46.4 Å². The van der Waals surface area contributed by atoms with E-state index in [1.54, 1.807) is 0 Å². The number of nitrogens with one attached hydrogen (secondary N) is 1. The van der Waals surface area contributed by atoms with Gasteiger partial charge in [-0.15, -0.1) is 0 Å². The monoisotopic (exact) mass is 528 g/mol. The molecule has 1 saturated heterocycles. The second-order valence-corrected chi connectivity index (χ2v) is 10.5. The van der Waals surface area contributed by atoms with Crippen molar-refractivity contribution in [3.8, 4) is 11.3 Å². The Labute approximate surface area is 223 Å². The van der Waals surface area contributed by atoms with Crippen LogP contribution in [-0.2, 0) is 16.1 Å². The van der Waals surface area contributed by atoms with Gasteiger partial charge >= 0.3 is 5.97 Å². The van der Waals surface area contributed by atoms with Crippen molar-refractivity contribution in [2.45, 2.75) is 58.7 Å². The number of carbonyl (C=O) groups is 1. The Morgan fingerprint density at radius 1 is 1.24 bits per heavy atom. The van der Waals surface area contributed by atoms with Crippen molar-refractivity contribution in [2.75, 3.05) is 19.7 Å². The molecule has 0 radical (unpaired) electrons. The Kier molecular flexibility index (Phi) is 10.5. The maximum atomic E-state index is 14.5. The number of halogens is 2. The first kappa shape index (κ1) is 29.4. The van der Waals surface area contributed by atoms with E-state index in [9.17, 15) is 13.6 Å². The molecule has 2 aromatic carbocycles. The number of benzene rings is 2. The van der Waals surface area contributed by atoms with E-state index < -0.39 is 23.7 Å². The fourth-order valence-corrected chi connectivity index (χ4v) is 4.30. The van der Waals surface area contributed by atoms with Crippen molar-refractivity contribution in [1.29, 1.82) is 0 Å². The molecule has 0 spiro atoms. The Morgan fingerprint density at radius 3 is 2.55 bits per heavy atom. The smallest absolute Gasteiger partial charge is 0.332 e. The molecule has 9 heteroatoms. The molecule has 1 fully saturated rings. The largest absolute Gasteiger partial charge is 0.479 e. The first-order valence-corrected chi connectivity index (χ1v) is 12.9. The fraction of sp³-hybridized carbons (Fsp3) is 0.448. The van der Waals surface area contributed by atoms with Crippen molar-refractivity contribution < 1.29 is 23.4 Å². The summed E-state index contributed by atoms with van der Waals surface area (Å²) in [6, 6.07) is 13.4. The molecule has 1 aliphatic rings. The lowest BCUT2D eigenvalue weighted by atomic mass is 9.86. The van der Waals surface area contributed by atoms with Crippen LogP contribution in [0.4, 0.5) is 8.78 Å². The summed E-state index contributed by atoms with van der Waals surface area (Å²) in [5.74, 6) is -1.01. The number of nitrogens with zero attached hydrogens (tertiary/aromatic N) is 2. The van der Waals surface area contributed by atoms with Crippen LogP contribution in [0.5, 0.6) is 0 Å². The van der Waals surface area contributed by atoms with Gasteiger partial charge in [0.25, 0.3) is 0 Å². The molecule has 38 heavy (non-hydrogen) atoms. The Balaban J connectivity index is 0.000000427. The summed E-state index contributed by atoms with van der Waals surface area (Å²) in [7, 11) is 0. The predicted octanol–water partition coefficient (Wildman–Crippen LogP) is 5.15. The van der Waals surface area contributed by atoms with E-state index in [1.807, 2.05) is 41.1 Å². The number of ether oxygens (including phenoxy) is 1. The van der Waals surface area contributed by atoms with E-state index in [0.29, 0.717) is 31.8 Å². The summed E-state index contributed by atoms with van der Waals surface area (Å²) in [5.41, 5.74) is 7.22. The van der Waals surface area contributed by atoms with Crippen LogP contribution < -0.4 is 11.1 Å². The van der Waals surface area contributed by atoms with Gasteiger partial charge in [0.15, 0.2) is 6.10 Å². The van der Waals surface area contributed by atoms with Gasteiger partial charge in [0.2, 0.25) is 0 Å². The van der Waals surface area contributed by atoms with Crippen LogP contribution in [0.1, 0.15) is 57.5 Å². The molecular weight excluding hydrogens is 490 g/mol. The van der Waals surface area contributed by atoms with Gasteiger partial charge < -0.3 is 25.5 Å². The third kappa shape index (κ3) is 8.18. The lowest BCUT2D eigenvalue weighted by Gasteiger charge is -2.31. The summed E-state index contributed by atoms with van der Waals surface area (Å²) < 4.78 is 35.1. The Morgan fingerprint density at radius 2 is 1.97 bits per heavy atom. The third-order valence-electron chi connectivity index (χ3n) is 6.27. The summed E-state index contributed by atoms with van der Waals surface area (Å²) >= 11 is 0. The van der Waals surface area contributed by atoms with E-state index in [1.165, 1.54) is 6.07 Å².